The maximum Gasteiger partial charge on any atom is 0.350 e. The number of benzene rings is 2. The topological polar surface area (TPSA) is 143 Å². The van der Waals surface area contributed by atoms with Crippen LogP contribution in [0.2, 0.25) is 0 Å². The van der Waals surface area contributed by atoms with Gasteiger partial charge < -0.3 is 19.7 Å². The Morgan fingerprint density at radius 2 is 1.67 bits per heavy atom. The maximum absolute atomic E-state index is 13.7. The van der Waals surface area contributed by atoms with Gasteiger partial charge in [-0.1, -0.05) is 23.5 Å². The molecule has 39 heavy (non-hydrogen) atoms. The summed E-state index contributed by atoms with van der Waals surface area (Å²) in [5.74, 6) is -3.64. The van der Waals surface area contributed by atoms with E-state index in [-0.39, 0.29) is 15.6 Å². The molecule has 1 aliphatic heterocycles. The minimum atomic E-state index is -1.10. The molecule has 3 aromatic rings. The molecule has 1 aliphatic rings. The zero-order chi connectivity index (χ0) is 29.0. The number of methoxy groups -OCH3 is 2. The fourth-order valence-electron chi connectivity index (χ4n) is 3.94. The van der Waals surface area contributed by atoms with Crippen LogP contribution in [-0.2, 0) is 19.1 Å². The Hall–Kier alpha value is -4.58. The van der Waals surface area contributed by atoms with E-state index in [1.807, 2.05) is 0 Å². The number of aryl methyl sites for hydroxylation is 2. The lowest BCUT2D eigenvalue weighted by Crippen LogP contribution is -2.29. The summed E-state index contributed by atoms with van der Waals surface area (Å²) in [6, 6.07) is 8.97. The van der Waals surface area contributed by atoms with E-state index in [0.29, 0.717) is 28.1 Å². The van der Waals surface area contributed by atoms with Gasteiger partial charge in [-0.05, 0) is 55.3 Å². The first-order valence-corrected chi connectivity index (χ1v) is 12.2. The number of aromatic nitrogens is 1. The van der Waals surface area contributed by atoms with Gasteiger partial charge in [0.2, 0.25) is 0 Å². The average molecular weight is 557 g/mol. The number of anilines is 1. The molecule has 0 radical (unpaired) electrons. The van der Waals surface area contributed by atoms with Crippen molar-refractivity contribution in [1.82, 2.24) is 4.98 Å². The molecule has 1 unspecified atom stereocenters. The number of esters is 1. The summed E-state index contributed by atoms with van der Waals surface area (Å²) in [7, 11) is 2.74. The molecule has 204 valence electrons. The molecule has 4 rings (SSSR count). The van der Waals surface area contributed by atoms with Gasteiger partial charge >= 0.3 is 11.9 Å². The Morgan fingerprint density at radius 1 is 1.05 bits per heavy atom. The summed E-state index contributed by atoms with van der Waals surface area (Å²) < 4.78 is 23.7. The van der Waals surface area contributed by atoms with Gasteiger partial charge in [0, 0.05) is 12.5 Å². The molecular formula is C27H25FN2O8S. The summed E-state index contributed by atoms with van der Waals surface area (Å²) in [5.41, 5.74) is 1.53. The standard InChI is InChI=1S/C25H21FN2O6S.C2H4O2/c1-12-11-15(7-10-17(12)33-3)20(29)18-19(14-5-8-16(26)9-6-14)28(23(31)21(18)30)25-27-13(2)22(35-25)24(32)34-4;1-2(3)4/h5-11,19,29H,1-4H3;1H3,(H,3,4)/b20-18+;. The summed E-state index contributed by atoms with van der Waals surface area (Å²) in [6.07, 6.45) is 0. The number of carboxylic acids is 1. The normalized spacial score (nSPS) is 15.9. The molecule has 0 saturated carbocycles. The van der Waals surface area contributed by atoms with Crippen molar-refractivity contribution in [2.75, 3.05) is 19.1 Å². The largest absolute Gasteiger partial charge is 0.507 e. The molecule has 0 spiro atoms. The van der Waals surface area contributed by atoms with Crippen molar-refractivity contribution in [2.45, 2.75) is 26.8 Å². The number of rotatable bonds is 5. The zero-order valence-corrected chi connectivity index (χ0v) is 22.5. The molecule has 0 aliphatic carbocycles. The number of carboxylic acid groups (broad SMARTS) is 1. The highest BCUT2D eigenvalue weighted by atomic mass is 32.1. The van der Waals surface area contributed by atoms with Crippen LogP contribution in [0.15, 0.2) is 48.0 Å². The predicted octanol–water partition coefficient (Wildman–Crippen LogP) is 4.41. The van der Waals surface area contributed by atoms with Crippen LogP contribution in [0.1, 0.15) is 45.0 Å². The molecule has 1 aromatic heterocycles. The lowest BCUT2D eigenvalue weighted by atomic mass is 9.95. The van der Waals surface area contributed by atoms with Gasteiger partial charge in [-0.15, -0.1) is 0 Å². The number of thiazole rings is 1. The number of aliphatic hydroxyl groups excluding tert-OH is 1. The molecule has 1 fully saturated rings. The lowest BCUT2D eigenvalue weighted by molar-refractivity contribution is -0.134. The van der Waals surface area contributed by atoms with Gasteiger partial charge in [-0.3, -0.25) is 19.3 Å². The van der Waals surface area contributed by atoms with Crippen LogP contribution in [0.5, 0.6) is 5.75 Å². The number of aliphatic carboxylic acids is 1. The van der Waals surface area contributed by atoms with E-state index in [9.17, 15) is 23.9 Å². The van der Waals surface area contributed by atoms with E-state index in [1.54, 1.807) is 32.0 Å². The Labute approximate surface area is 226 Å². The number of aliphatic hydroxyl groups is 1. The smallest absolute Gasteiger partial charge is 0.350 e. The van der Waals surface area contributed by atoms with E-state index in [1.165, 1.54) is 38.5 Å². The summed E-state index contributed by atoms with van der Waals surface area (Å²) in [5, 5.41) is 18.7. The van der Waals surface area contributed by atoms with Gasteiger partial charge in [0.1, 0.15) is 22.2 Å². The Bertz CT molecular complexity index is 1480. The van der Waals surface area contributed by atoms with Crippen LogP contribution in [0, 0.1) is 19.7 Å². The maximum atomic E-state index is 13.7. The van der Waals surface area contributed by atoms with E-state index >= 15 is 0 Å². The zero-order valence-electron chi connectivity index (χ0n) is 21.6. The van der Waals surface area contributed by atoms with Gasteiger partial charge in [0.15, 0.2) is 5.13 Å². The van der Waals surface area contributed by atoms with Crippen LogP contribution in [0.3, 0.4) is 0 Å². The Kier molecular flexibility index (Phi) is 8.81. The molecule has 2 heterocycles. The third-order valence-electron chi connectivity index (χ3n) is 5.66. The highest BCUT2D eigenvalue weighted by molar-refractivity contribution is 7.17. The second-order valence-electron chi connectivity index (χ2n) is 8.33. The highest BCUT2D eigenvalue weighted by Crippen LogP contribution is 2.44. The monoisotopic (exact) mass is 556 g/mol. The number of Topliss-reactive ketones (excluding diaryl/α,β-unsaturated/α-hetero) is 1. The molecule has 1 saturated heterocycles. The first kappa shape index (κ1) is 29.0. The van der Waals surface area contributed by atoms with E-state index in [2.05, 4.69) is 4.98 Å². The van der Waals surface area contributed by atoms with Crippen molar-refractivity contribution in [3.05, 3.63) is 81.1 Å². The molecule has 10 nitrogen and oxygen atoms in total. The van der Waals surface area contributed by atoms with Crippen LogP contribution < -0.4 is 9.64 Å². The second kappa shape index (κ2) is 11.9. The van der Waals surface area contributed by atoms with Crippen molar-refractivity contribution >= 4 is 45.9 Å². The lowest BCUT2D eigenvalue weighted by Gasteiger charge is -2.23. The number of nitrogens with zero attached hydrogens (tertiary/aromatic N) is 2. The van der Waals surface area contributed by atoms with E-state index in [4.69, 9.17) is 19.4 Å². The van der Waals surface area contributed by atoms with Crippen molar-refractivity contribution in [3.8, 4) is 5.75 Å². The Morgan fingerprint density at radius 3 is 2.21 bits per heavy atom. The van der Waals surface area contributed by atoms with Crippen LogP contribution >= 0.6 is 11.3 Å². The molecule has 12 heteroatoms. The first-order valence-electron chi connectivity index (χ1n) is 11.4. The highest BCUT2D eigenvalue weighted by Gasteiger charge is 2.48. The minimum absolute atomic E-state index is 0.0734. The summed E-state index contributed by atoms with van der Waals surface area (Å²) in [4.78, 5) is 53.2. The fraction of sp³-hybridized carbons (Fsp3) is 0.222. The van der Waals surface area contributed by atoms with Gasteiger partial charge in [-0.2, -0.15) is 0 Å². The van der Waals surface area contributed by atoms with E-state index in [0.717, 1.165) is 23.2 Å². The van der Waals surface area contributed by atoms with Gasteiger partial charge in [0.05, 0.1) is 31.5 Å². The number of ether oxygens (including phenoxy) is 2. The Balaban J connectivity index is 0.000000983. The van der Waals surface area contributed by atoms with Gasteiger partial charge in [0.25, 0.3) is 11.8 Å². The van der Waals surface area contributed by atoms with Crippen molar-refractivity contribution in [1.29, 1.82) is 0 Å². The van der Waals surface area contributed by atoms with Crippen molar-refractivity contribution in [2.24, 2.45) is 0 Å². The third kappa shape index (κ3) is 5.96. The quantitative estimate of drug-likeness (QED) is 0.202. The van der Waals surface area contributed by atoms with Crippen LogP contribution in [0.25, 0.3) is 5.76 Å². The van der Waals surface area contributed by atoms with Crippen LogP contribution in [0.4, 0.5) is 9.52 Å². The van der Waals surface area contributed by atoms with E-state index < -0.39 is 41.2 Å². The molecule has 1 amide bonds. The summed E-state index contributed by atoms with van der Waals surface area (Å²) in [6.45, 7) is 4.44. The van der Waals surface area contributed by atoms with Gasteiger partial charge in [-0.25, -0.2) is 14.2 Å². The molecular weight excluding hydrogens is 531 g/mol. The minimum Gasteiger partial charge on any atom is -0.507 e. The van der Waals surface area contributed by atoms with Crippen molar-refractivity contribution < 1.29 is 43.3 Å². The first-order chi connectivity index (χ1) is 18.4. The fourth-order valence-corrected chi connectivity index (χ4v) is 4.95. The molecule has 2 N–H and O–H groups in total. The molecule has 0 bridgehead atoms. The second-order valence-corrected chi connectivity index (χ2v) is 9.30. The number of hydrogen-bond acceptors (Lipinski definition) is 9. The molecule has 1 atom stereocenters. The number of carbonyl (C=O) groups excluding carboxylic acids is 3. The van der Waals surface area contributed by atoms with Crippen molar-refractivity contribution in [3.63, 3.8) is 0 Å². The number of amides is 1. The number of hydrogen-bond donors (Lipinski definition) is 2. The third-order valence-corrected chi connectivity index (χ3v) is 6.80. The van der Waals surface area contributed by atoms with Crippen LogP contribution in [-0.4, -0.2) is 53.0 Å². The number of ketones is 1. The predicted molar refractivity (Wildman–Crippen MR) is 140 cm³/mol. The molecule has 2 aromatic carbocycles. The average Bonchev–Trinajstić information content (AvgIpc) is 3.39. The SMILES string of the molecule is CC(=O)O.COC(=O)c1sc(N2C(=O)C(=O)/C(=C(/O)c3ccc(OC)c(C)c3)C2c2ccc(F)cc2)nc1C. The number of halogens is 1. The number of carbonyl (C=O) groups is 4. The summed E-state index contributed by atoms with van der Waals surface area (Å²) >= 11 is 0.886.